The number of halogens is 3. The fourth-order valence-corrected chi connectivity index (χ4v) is 2.83. The van der Waals surface area contributed by atoms with Gasteiger partial charge in [-0.1, -0.05) is 18.2 Å². The molecule has 0 bridgehead atoms. The molecule has 148 valence electrons. The Kier molecular flexibility index (Phi) is 5.53. The number of carbonyl (C=O) groups excluding carboxylic acids is 1. The smallest absolute Gasteiger partial charge is 0.352 e. The van der Waals surface area contributed by atoms with E-state index in [4.69, 9.17) is 0 Å². The van der Waals surface area contributed by atoms with Crippen molar-refractivity contribution in [2.24, 2.45) is 0 Å². The molecule has 0 fully saturated rings. The average Bonchev–Trinajstić information content (AvgIpc) is 3.29. The van der Waals surface area contributed by atoms with Gasteiger partial charge in [-0.3, -0.25) is 9.48 Å². The van der Waals surface area contributed by atoms with Gasteiger partial charge in [-0.15, -0.1) is 0 Å². The molecule has 3 aromatic rings. The first kappa shape index (κ1) is 19.7. The van der Waals surface area contributed by atoms with Gasteiger partial charge in [-0.05, 0) is 38.0 Å². The van der Waals surface area contributed by atoms with Gasteiger partial charge in [0, 0.05) is 18.8 Å². The van der Waals surface area contributed by atoms with Crippen molar-refractivity contribution in [1.29, 1.82) is 0 Å². The molecule has 2 aromatic heterocycles. The van der Waals surface area contributed by atoms with Gasteiger partial charge >= 0.3 is 6.18 Å². The minimum absolute atomic E-state index is 0.184. The molecule has 3 rings (SSSR count). The third-order valence-corrected chi connectivity index (χ3v) is 4.15. The zero-order valence-electron chi connectivity index (χ0n) is 15.4. The van der Waals surface area contributed by atoms with E-state index in [0.717, 1.165) is 22.1 Å². The van der Waals surface area contributed by atoms with Crippen LogP contribution < -0.4 is 5.32 Å². The molecule has 28 heavy (non-hydrogen) atoms. The van der Waals surface area contributed by atoms with E-state index in [2.05, 4.69) is 15.5 Å². The predicted molar refractivity (Wildman–Crippen MR) is 97.2 cm³/mol. The number of hydrogen-bond donors (Lipinski definition) is 1. The Balaban J connectivity index is 1.65. The Hall–Kier alpha value is -3.10. The van der Waals surface area contributed by atoms with E-state index in [1.54, 1.807) is 24.7 Å². The van der Waals surface area contributed by atoms with E-state index in [1.165, 1.54) is 0 Å². The summed E-state index contributed by atoms with van der Waals surface area (Å²) in [6.07, 6.45) is 0.227. The summed E-state index contributed by atoms with van der Waals surface area (Å²) in [6, 6.07) is 8.99. The number of nitrogens with one attached hydrogen (secondary N) is 1. The van der Waals surface area contributed by atoms with Crippen LogP contribution in [0.4, 0.5) is 13.2 Å². The van der Waals surface area contributed by atoms with Crippen molar-refractivity contribution in [2.45, 2.75) is 32.5 Å². The first-order valence-electron chi connectivity index (χ1n) is 8.79. The zero-order chi connectivity index (χ0) is 20.3. The molecule has 1 N–H and O–H groups in total. The molecule has 0 aliphatic rings. The highest BCUT2D eigenvalue weighted by molar-refractivity contribution is 5.95. The summed E-state index contributed by atoms with van der Waals surface area (Å²) in [7, 11) is 0. The molecule has 6 nitrogen and oxygen atoms in total. The van der Waals surface area contributed by atoms with Crippen LogP contribution in [-0.2, 0) is 12.6 Å². The van der Waals surface area contributed by atoms with Crippen LogP contribution in [0.25, 0.3) is 5.69 Å². The lowest BCUT2D eigenvalue weighted by Gasteiger charge is -2.15. The van der Waals surface area contributed by atoms with E-state index in [-0.39, 0.29) is 6.54 Å². The number of para-hydroxylation sites is 1. The molecule has 0 saturated carbocycles. The quantitative estimate of drug-likeness (QED) is 0.698. The van der Waals surface area contributed by atoms with Gasteiger partial charge in [-0.25, -0.2) is 4.68 Å². The molecular formula is C19H20F3N5O. The largest absolute Gasteiger partial charge is 0.433 e. The van der Waals surface area contributed by atoms with Crippen LogP contribution in [0.2, 0.25) is 0 Å². The van der Waals surface area contributed by atoms with Crippen molar-refractivity contribution in [3.63, 3.8) is 0 Å². The SMILES string of the molecule is CC(C)n1ncc(C(=O)NCCc2cnn(-c3ccccc3)c2)c1C(F)(F)F. The molecule has 0 saturated heterocycles. The maximum absolute atomic E-state index is 13.4. The van der Waals surface area contributed by atoms with Crippen molar-refractivity contribution < 1.29 is 18.0 Å². The molecule has 2 heterocycles. The van der Waals surface area contributed by atoms with Crippen LogP contribution >= 0.6 is 0 Å². The Bertz CT molecular complexity index is 944. The monoisotopic (exact) mass is 391 g/mol. The summed E-state index contributed by atoms with van der Waals surface area (Å²) >= 11 is 0. The molecule has 0 aliphatic carbocycles. The van der Waals surface area contributed by atoms with Crippen LogP contribution in [0.1, 0.15) is 41.5 Å². The molecule has 0 atom stereocenters. The number of aromatic nitrogens is 4. The Morgan fingerprint density at radius 1 is 1.14 bits per heavy atom. The van der Waals surface area contributed by atoms with Crippen LogP contribution in [0.15, 0.2) is 48.9 Å². The van der Waals surface area contributed by atoms with E-state index < -0.39 is 29.4 Å². The number of amides is 1. The summed E-state index contributed by atoms with van der Waals surface area (Å²) in [5.41, 5.74) is 0.254. The number of benzene rings is 1. The maximum atomic E-state index is 13.4. The third kappa shape index (κ3) is 4.24. The van der Waals surface area contributed by atoms with Gasteiger partial charge in [-0.2, -0.15) is 23.4 Å². The van der Waals surface area contributed by atoms with E-state index in [9.17, 15) is 18.0 Å². The minimum atomic E-state index is -4.66. The summed E-state index contributed by atoms with van der Waals surface area (Å²) in [4.78, 5) is 12.3. The standard InChI is InChI=1S/C19H20F3N5O/c1-13(2)27-17(19(20,21)22)16(11-25-27)18(28)23-9-8-14-10-24-26(12-14)15-6-4-3-5-7-15/h3-7,10-13H,8-9H2,1-2H3,(H,23,28). The lowest BCUT2D eigenvalue weighted by molar-refractivity contribution is -0.145. The lowest BCUT2D eigenvalue weighted by Crippen LogP contribution is -2.28. The number of nitrogens with zero attached hydrogens (tertiary/aromatic N) is 4. The highest BCUT2D eigenvalue weighted by atomic mass is 19.4. The molecule has 0 unspecified atom stereocenters. The third-order valence-electron chi connectivity index (χ3n) is 4.15. The predicted octanol–water partition coefficient (Wildman–Crippen LogP) is 3.64. The van der Waals surface area contributed by atoms with Gasteiger partial charge in [0.25, 0.3) is 5.91 Å². The van der Waals surface area contributed by atoms with E-state index >= 15 is 0 Å². The fraction of sp³-hybridized carbons (Fsp3) is 0.316. The summed E-state index contributed by atoms with van der Waals surface area (Å²) < 4.78 is 42.6. The molecule has 1 aromatic carbocycles. The van der Waals surface area contributed by atoms with Crippen LogP contribution in [-0.4, -0.2) is 32.0 Å². The Morgan fingerprint density at radius 2 is 1.86 bits per heavy atom. The fourth-order valence-electron chi connectivity index (χ4n) is 2.83. The average molecular weight is 391 g/mol. The number of rotatable bonds is 6. The zero-order valence-corrected chi connectivity index (χ0v) is 15.4. The summed E-state index contributed by atoms with van der Waals surface area (Å²) in [6.45, 7) is 3.34. The molecule has 0 spiro atoms. The topological polar surface area (TPSA) is 64.7 Å². The normalized spacial score (nSPS) is 11.8. The summed E-state index contributed by atoms with van der Waals surface area (Å²) in [5, 5.41) is 10.5. The van der Waals surface area contributed by atoms with Crippen molar-refractivity contribution >= 4 is 5.91 Å². The minimum Gasteiger partial charge on any atom is -0.352 e. The Labute approximate surface area is 160 Å². The van der Waals surface area contributed by atoms with Gasteiger partial charge in [0.15, 0.2) is 5.69 Å². The van der Waals surface area contributed by atoms with Crippen molar-refractivity contribution in [3.8, 4) is 5.69 Å². The van der Waals surface area contributed by atoms with Crippen molar-refractivity contribution in [1.82, 2.24) is 24.9 Å². The van der Waals surface area contributed by atoms with Gasteiger partial charge in [0.1, 0.15) is 0 Å². The van der Waals surface area contributed by atoms with Crippen molar-refractivity contribution in [2.75, 3.05) is 6.54 Å². The second kappa shape index (κ2) is 7.87. The van der Waals surface area contributed by atoms with E-state index in [1.807, 2.05) is 36.5 Å². The molecule has 1 amide bonds. The Morgan fingerprint density at radius 3 is 2.50 bits per heavy atom. The lowest BCUT2D eigenvalue weighted by atomic mass is 10.2. The van der Waals surface area contributed by atoms with Crippen molar-refractivity contribution in [3.05, 3.63) is 65.7 Å². The van der Waals surface area contributed by atoms with E-state index in [0.29, 0.717) is 6.42 Å². The number of hydrogen-bond acceptors (Lipinski definition) is 3. The second-order valence-electron chi connectivity index (χ2n) is 6.58. The van der Waals surface area contributed by atoms with Crippen LogP contribution in [0.5, 0.6) is 0 Å². The highest BCUT2D eigenvalue weighted by Gasteiger charge is 2.40. The molecule has 9 heteroatoms. The maximum Gasteiger partial charge on any atom is 0.433 e. The first-order chi connectivity index (χ1) is 13.3. The highest BCUT2D eigenvalue weighted by Crippen LogP contribution is 2.33. The van der Waals surface area contributed by atoms with Crippen LogP contribution in [0.3, 0.4) is 0 Å². The molecule has 0 radical (unpaired) electrons. The second-order valence-corrected chi connectivity index (χ2v) is 6.58. The molecular weight excluding hydrogens is 371 g/mol. The first-order valence-corrected chi connectivity index (χ1v) is 8.79. The van der Waals surface area contributed by atoms with Crippen LogP contribution in [0, 0.1) is 0 Å². The van der Waals surface area contributed by atoms with Gasteiger partial charge < -0.3 is 5.32 Å². The van der Waals surface area contributed by atoms with Gasteiger partial charge in [0.05, 0.1) is 23.6 Å². The molecule has 0 aliphatic heterocycles. The number of carbonyl (C=O) groups is 1. The summed E-state index contributed by atoms with van der Waals surface area (Å²) in [5.74, 6) is -0.797. The number of alkyl halides is 3. The van der Waals surface area contributed by atoms with Gasteiger partial charge in [0.2, 0.25) is 0 Å².